The molecule has 0 radical (unpaired) electrons. The Balaban J connectivity index is 1.90. The fraction of sp³-hybridized carbons (Fsp3) is 0.545. The molecule has 1 aliphatic rings. The van der Waals surface area contributed by atoms with Crippen molar-refractivity contribution in [2.24, 2.45) is 0 Å². The number of likely N-dealkylation sites (tertiary alicyclic amines) is 1. The molecule has 2 N–H and O–H groups in total. The van der Waals surface area contributed by atoms with Crippen LogP contribution in [0.5, 0.6) is 0 Å². The Labute approximate surface area is 114 Å². The van der Waals surface area contributed by atoms with Crippen molar-refractivity contribution in [3.05, 3.63) is 22.0 Å². The van der Waals surface area contributed by atoms with Crippen molar-refractivity contribution in [2.75, 3.05) is 19.6 Å². The van der Waals surface area contributed by atoms with Gasteiger partial charge in [-0.1, -0.05) is 0 Å². The van der Waals surface area contributed by atoms with E-state index in [1.165, 1.54) is 0 Å². The van der Waals surface area contributed by atoms with Gasteiger partial charge in [0.2, 0.25) is 11.6 Å². The van der Waals surface area contributed by atoms with Gasteiger partial charge in [-0.05, 0) is 19.3 Å². The van der Waals surface area contributed by atoms with Gasteiger partial charge < -0.3 is 10.2 Å². The van der Waals surface area contributed by atoms with E-state index < -0.39 is 16.5 Å². The minimum atomic E-state index is -0.709. The Morgan fingerprint density at radius 3 is 2.75 bits per heavy atom. The van der Waals surface area contributed by atoms with Gasteiger partial charge in [-0.25, -0.2) is 0 Å². The molecule has 2 heterocycles. The lowest BCUT2D eigenvalue weighted by molar-refractivity contribution is -0.385. The van der Waals surface area contributed by atoms with E-state index in [1.807, 2.05) is 0 Å². The summed E-state index contributed by atoms with van der Waals surface area (Å²) in [5, 5.41) is 18.8. The third kappa shape index (κ3) is 3.11. The van der Waals surface area contributed by atoms with Crippen LogP contribution in [0.15, 0.2) is 6.20 Å². The van der Waals surface area contributed by atoms with E-state index in [-0.39, 0.29) is 18.1 Å². The lowest BCUT2D eigenvalue weighted by Crippen LogP contribution is -2.42. The van der Waals surface area contributed by atoms with Crippen LogP contribution in [0.1, 0.15) is 29.8 Å². The zero-order valence-corrected chi connectivity index (χ0v) is 10.8. The highest BCUT2D eigenvalue weighted by Crippen LogP contribution is 2.14. The maximum atomic E-state index is 11.8. The van der Waals surface area contributed by atoms with E-state index >= 15 is 0 Å². The SMILES string of the molecule is O=C(NCC(=O)N1CCCCC1)c1[nH]ncc1[N+](=O)[O-]. The van der Waals surface area contributed by atoms with E-state index in [4.69, 9.17) is 0 Å². The molecule has 0 saturated carbocycles. The van der Waals surface area contributed by atoms with Crippen LogP contribution in [0, 0.1) is 10.1 Å². The zero-order valence-electron chi connectivity index (χ0n) is 10.8. The topological polar surface area (TPSA) is 121 Å². The van der Waals surface area contributed by atoms with Crippen molar-refractivity contribution in [2.45, 2.75) is 19.3 Å². The van der Waals surface area contributed by atoms with Gasteiger partial charge in [0, 0.05) is 13.1 Å². The highest BCUT2D eigenvalue weighted by Gasteiger charge is 2.24. The number of rotatable bonds is 4. The lowest BCUT2D eigenvalue weighted by Gasteiger charge is -2.26. The molecule has 9 nitrogen and oxygen atoms in total. The summed E-state index contributed by atoms with van der Waals surface area (Å²) in [6.45, 7) is 1.22. The van der Waals surface area contributed by atoms with Crippen LogP contribution in [-0.2, 0) is 4.79 Å². The minimum Gasteiger partial charge on any atom is -0.341 e. The molecule has 0 bridgehead atoms. The van der Waals surface area contributed by atoms with Gasteiger partial charge in [0.05, 0.1) is 11.5 Å². The number of H-pyrrole nitrogens is 1. The van der Waals surface area contributed by atoms with Crippen molar-refractivity contribution in [1.82, 2.24) is 20.4 Å². The molecule has 1 fully saturated rings. The first-order chi connectivity index (χ1) is 9.59. The Hall–Kier alpha value is -2.45. The first-order valence-electron chi connectivity index (χ1n) is 6.33. The predicted octanol–water partition coefficient (Wildman–Crippen LogP) is 0.0602. The van der Waals surface area contributed by atoms with E-state index in [2.05, 4.69) is 15.5 Å². The standard InChI is InChI=1S/C11H15N5O4/c17-9(15-4-2-1-3-5-15)7-12-11(18)10-8(16(19)20)6-13-14-10/h6H,1-5,7H2,(H,12,18)(H,13,14). The molecule has 0 aromatic carbocycles. The van der Waals surface area contributed by atoms with Gasteiger partial charge in [0.25, 0.3) is 5.91 Å². The number of hydrogen-bond donors (Lipinski definition) is 2. The number of aromatic amines is 1. The molecule has 1 aliphatic heterocycles. The Morgan fingerprint density at radius 1 is 1.40 bits per heavy atom. The number of aromatic nitrogens is 2. The summed E-state index contributed by atoms with van der Waals surface area (Å²) < 4.78 is 0. The van der Waals surface area contributed by atoms with Crippen LogP contribution >= 0.6 is 0 Å². The Kier molecular flexibility index (Phi) is 4.28. The van der Waals surface area contributed by atoms with Crippen molar-refractivity contribution < 1.29 is 14.5 Å². The first kappa shape index (κ1) is 14.0. The third-order valence-corrected chi connectivity index (χ3v) is 3.15. The summed E-state index contributed by atoms with van der Waals surface area (Å²) in [5.74, 6) is -0.889. The summed E-state index contributed by atoms with van der Waals surface area (Å²) in [5.41, 5.74) is -0.658. The van der Waals surface area contributed by atoms with Crippen LogP contribution in [0.25, 0.3) is 0 Å². The molecule has 1 aromatic rings. The molecule has 108 valence electrons. The molecule has 2 rings (SSSR count). The highest BCUT2D eigenvalue weighted by atomic mass is 16.6. The van der Waals surface area contributed by atoms with Crippen molar-refractivity contribution >= 4 is 17.5 Å². The fourth-order valence-corrected chi connectivity index (χ4v) is 2.08. The summed E-state index contributed by atoms with van der Waals surface area (Å²) in [6.07, 6.45) is 4.00. The lowest BCUT2D eigenvalue weighted by atomic mass is 10.1. The van der Waals surface area contributed by atoms with Gasteiger partial charge in [-0.2, -0.15) is 5.10 Å². The summed E-state index contributed by atoms with van der Waals surface area (Å²) in [6, 6.07) is 0. The number of nitro groups is 1. The van der Waals surface area contributed by atoms with Gasteiger partial charge in [0.1, 0.15) is 6.20 Å². The van der Waals surface area contributed by atoms with Crippen molar-refractivity contribution in [3.8, 4) is 0 Å². The summed E-state index contributed by atoms with van der Waals surface area (Å²) >= 11 is 0. The number of nitrogens with zero attached hydrogens (tertiary/aromatic N) is 3. The molecule has 0 unspecified atom stereocenters. The van der Waals surface area contributed by atoms with E-state index in [1.54, 1.807) is 4.90 Å². The number of piperidine rings is 1. The summed E-state index contributed by atoms with van der Waals surface area (Å²) in [4.78, 5) is 35.2. The maximum absolute atomic E-state index is 11.8. The van der Waals surface area contributed by atoms with E-state index in [0.29, 0.717) is 13.1 Å². The second-order valence-electron chi connectivity index (χ2n) is 4.51. The Morgan fingerprint density at radius 2 is 2.10 bits per heavy atom. The number of carbonyl (C=O) groups is 2. The number of carbonyl (C=O) groups excluding carboxylic acids is 2. The molecule has 0 aliphatic carbocycles. The van der Waals surface area contributed by atoms with Gasteiger partial charge >= 0.3 is 5.69 Å². The third-order valence-electron chi connectivity index (χ3n) is 3.15. The first-order valence-corrected chi connectivity index (χ1v) is 6.33. The normalized spacial score (nSPS) is 14.9. The van der Waals surface area contributed by atoms with Gasteiger partial charge in [-0.3, -0.25) is 24.8 Å². The highest BCUT2D eigenvalue weighted by molar-refractivity contribution is 5.97. The van der Waals surface area contributed by atoms with Gasteiger partial charge in [-0.15, -0.1) is 0 Å². The second kappa shape index (κ2) is 6.13. The van der Waals surface area contributed by atoms with Crippen LogP contribution in [-0.4, -0.2) is 51.5 Å². The van der Waals surface area contributed by atoms with E-state index in [9.17, 15) is 19.7 Å². The molecule has 1 aromatic heterocycles. The van der Waals surface area contributed by atoms with Crippen LogP contribution in [0.4, 0.5) is 5.69 Å². The van der Waals surface area contributed by atoms with Gasteiger partial charge in [0.15, 0.2) is 0 Å². The number of hydrogen-bond acceptors (Lipinski definition) is 5. The quantitative estimate of drug-likeness (QED) is 0.597. The molecule has 20 heavy (non-hydrogen) atoms. The predicted molar refractivity (Wildman–Crippen MR) is 68.0 cm³/mol. The molecular formula is C11H15N5O4. The molecular weight excluding hydrogens is 266 g/mol. The fourth-order valence-electron chi connectivity index (χ4n) is 2.08. The molecule has 0 atom stereocenters. The molecule has 1 saturated heterocycles. The Bertz CT molecular complexity index is 521. The zero-order chi connectivity index (χ0) is 14.5. The average Bonchev–Trinajstić information content (AvgIpc) is 2.95. The molecule has 9 heteroatoms. The van der Waals surface area contributed by atoms with Crippen molar-refractivity contribution in [3.63, 3.8) is 0 Å². The van der Waals surface area contributed by atoms with Crippen LogP contribution in [0.2, 0.25) is 0 Å². The van der Waals surface area contributed by atoms with E-state index in [0.717, 1.165) is 25.5 Å². The average molecular weight is 281 g/mol. The second-order valence-corrected chi connectivity index (χ2v) is 4.51. The monoisotopic (exact) mass is 281 g/mol. The van der Waals surface area contributed by atoms with Crippen LogP contribution < -0.4 is 5.32 Å². The maximum Gasteiger partial charge on any atom is 0.319 e. The van der Waals surface area contributed by atoms with Crippen LogP contribution in [0.3, 0.4) is 0 Å². The smallest absolute Gasteiger partial charge is 0.319 e. The summed E-state index contributed by atoms with van der Waals surface area (Å²) in [7, 11) is 0. The molecule has 0 spiro atoms. The minimum absolute atomic E-state index is 0.172. The number of amides is 2. The molecule has 2 amide bonds. The van der Waals surface area contributed by atoms with Crippen molar-refractivity contribution in [1.29, 1.82) is 0 Å². The number of nitrogens with one attached hydrogen (secondary N) is 2. The largest absolute Gasteiger partial charge is 0.341 e.